The van der Waals surface area contributed by atoms with Gasteiger partial charge in [0.2, 0.25) is 0 Å². The van der Waals surface area contributed by atoms with Crippen LogP contribution in [0, 0.1) is 0 Å². The minimum atomic E-state index is -0.0844. The number of fused-ring (bicyclic) bond motifs is 7. The van der Waals surface area contributed by atoms with Crippen LogP contribution in [0.5, 0.6) is 0 Å². The number of hydrogen-bond acceptors (Lipinski definition) is 1. The molecule has 1 nitrogen and oxygen atoms in total. The van der Waals surface area contributed by atoms with E-state index in [0.717, 1.165) is 11.4 Å². The van der Waals surface area contributed by atoms with Crippen molar-refractivity contribution < 1.29 is 0 Å². The second-order valence-electron chi connectivity index (χ2n) is 11.8. The molecule has 0 atom stereocenters. The summed E-state index contributed by atoms with van der Waals surface area (Å²) < 4.78 is 2.99. The maximum atomic E-state index is 2.41. The third-order valence-electron chi connectivity index (χ3n) is 8.94. The van der Waals surface area contributed by atoms with Crippen molar-refractivity contribution in [3.63, 3.8) is 0 Å². The number of anilines is 3. The zero-order valence-corrected chi connectivity index (χ0v) is 26.0. The SMILES string of the molecule is CC(C)(c1ccccc1)c1ccc(N(c2ccccc2)c2ccc3ccc4ccc5c6ccccc6[se]c5c4c3c2)cc1. The summed E-state index contributed by atoms with van der Waals surface area (Å²) in [5.41, 5.74) is 6.01. The number of para-hydroxylation sites is 1. The van der Waals surface area contributed by atoms with Crippen molar-refractivity contribution in [1.29, 1.82) is 0 Å². The van der Waals surface area contributed by atoms with Crippen molar-refractivity contribution in [3.05, 3.63) is 163 Å². The van der Waals surface area contributed by atoms with Crippen LogP contribution in [-0.4, -0.2) is 14.5 Å². The molecule has 2 heteroatoms. The first kappa shape index (κ1) is 26.0. The average molecular weight is 617 g/mol. The van der Waals surface area contributed by atoms with E-state index in [2.05, 4.69) is 170 Å². The van der Waals surface area contributed by atoms with Crippen LogP contribution in [0.2, 0.25) is 0 Å². The predicted molar refractivity (Wildman–Crippen MR) is 187 cm³/mol. The summed E-state index contributed by atoms with van der Waals surface area (Å²) in [5, 5.41) is 8.13. The Kier molecular flexibility index (Phi) is 6.22. The molecule has 0 saturated carbocycles. The second-order valence-corrected chi connectivity index (χ2v) is 14.0. The van der Waals surface area contributed by atoms with Gasteiger partial charge in [-0.25, -0.2) is 0 Å². The molecule has 0 bridgehead atoms. The Morgan fingerprint density at radius 3 is 1.84 bits per heavy atom. The van der Waals surface area contributed by atoms with E-state index in [4.69, 9.17) is 0 Å². The van der Waals surface area contributed by atoms with Gasteiger partial charge in [0.05, 0.1) is 0 Å². The summed E-state index contributed by atoms with van der Waals surface area (Å²) in [7, 11) is 0. The summed E-state index contributed by atoms with van der Waals surface area (Å²) in [6.07, 6.45) is 0. The fourth-order valence-corrected chi connectivity index (χ4v) is 9.19. The van der Waals surface area contributed by atoms with Crippen molar-refractivity contribution in [3.8, 4) is 0 Å². The maximum absolute atomic E-state index is 2.41. The van der Waals surface area contributed by atoms with Crippen LogP contribution in [0.25, 0.3) is 40.8 Å². The molecule has 1 aromatic heterocycles. The van der Waals surface area contributed by atoms with Crippen molar-refractivity contribution in [2.45, 2.75) is 19.3 Å². The van der Waals surface area contributed by atoms with Gasteiger partial charge >= 0.3 is 229 Å². The predicted octanol–water partition coefficient (Wildman–Crippen LogP) is 11.2. The number of benzene rings is 7. The van der Waals surface area contributed by atoms with Crippen LogP contribution in [0.1, 0.15) is 25.0 Å². The molecule has 8 aromatic rings. The van der Waals surface area contributed by atoms with E-state index < -0.39 is 0 Å². The van der Waals surface area contributed by atoms with Crippen molar-refractivity contribution in [2.75, 3.05) is 4.90 Å². The molecule has 0 spiro atoms. The summed E-state index contributed by atoms with van der Waals surface area (Å²) in [4.78, 5) is 2.39. The molecule has 8 rings (SSSR count). The van der Waals surface area contributed by atoms with Crippen molar-refractivity contribution in [1.82, 2.24) is 0 Å². The molecule has 206 valence electrons. The average Bonchev–Trinajstić information content (AvgIpc) is 3.45. The first-order valence-corrected chi connectivity index (χ1v) is 16.6. The Balaban J connectivity index is 1.31. The van der Waals surface area contributed by atoms with E-state index in [-0.39, 0.29) is 19.9 Å². The Morgan fingerprint density at radius 1 is 0.465 bits per heavy atom. The number of rotatable bonds is 5. The number of nitrogens with zero attached hydrogens (tertiary/aromatic N) is 1. The molecular formula is C41H31NSe. The third-order valence-corrected chi connectivity index (χ3v) is 11.5. The van der Waals surface area contributed by atoms with E-state index in [9.17, 15) is 0 Å². The first-order valence-electron chi connectivity index (χ1n) is 14.9. The zero-order valence-electron chi connectivity index (χ0n) is 24.3. The van der Waals surface area contributed by atoms with Gasteiger partial charge < -0.3 is 0 Å². The molecule has 0 aliphatic heterocycles. The molecule has 1 heterocycles. The Labute approximate surface area is 258 Å². The van der Waals surface area contributed by atoms with Crippen LogP contribution < -0.4 is 4.90 Å². The molecule has 0 fully saturated rings. The Morgan fingerprint density at radius 2 is 1.05 bits per heavy atom. The van der Waals surface area contributed by atoms with Crippen LogP contribution in [0.15, 0.2) is 152 Å². The topological polar surface area (TPSA) is 3.24 Å². The van der Waals surface area contributed by atoms with Gasteiger partial charge in [0.25, 0.3) is 0 Å². The second kappa shape index (κ2) is 10.3. The monoisotopic (exact) mass is 617 g/mol. The first-order chi connectivity index (χ1) is 21.1. The Hall–Kier alpha value is -4.62. The number of hydrogen-bond donors (Lipinski definition) is 0. The van der Waals surface area contributed by atoms with E-state index in [1.54, 1.807) is 0 Å². The molecule has 43 heavy (non-hydrogen) atoms. The molecule has 0 aliphatic rings. The third kappa shape index (κ3) is 4.38. The molecule has 0 saturated heterocycles. The van der Waals surface area contributed by atoms with Gasteiger partial charge in [-0.3, -0.25) is 0 Å². The zero-order chi connectivity index (χ0) is 29.0. The molecule has 0 radical (unpaired) electrons. The quantitative estimate of drug-likeness (QED) is 0.137. The standard InChI is InChI=1S/C41H31NSe/c1-41(2,30-11-5-3-6-12-30)31-21-24-33(25-22-31)42(32-13-7-4-8-14-32)34-23-19-28-17-18-29-20-26-36-35-15-9-10-16-38(35)43-40(36)39(29)37(28)27-34/h3-27H,1-2H3. The van der Waals surface area contributed by atoms with Gasteiger partial charge in [-0.2, -0.15) is 0 Å². The molecule has 7 aromatic carbocycles. The Bertz CT molecular complexity index is 2240. The van der Waals surface area contributed by atoms with Gasteiger partial charge in [0, 0.05) is 0 Å². The van der Waals surface area contributed by atoms with Gasteiger partial charge in [-0.1, -0.05) is 30.3 Å². The molecule has 0 amide bonds. The fourth-order valence-electron chi connectivity index (χ4n) is 6.52. The summed E-state index contributed by atoms with van der Waals surface area (Å²) in [6, 6.07) is 55.8. The fraction of sp³-hybridized carbons (Fsp3) is 0.0732. The summed E-state index contributed by atoms with van der Waals surface area (Å²) in [5.74, 6) is 0. The van der Waals surface area contributed by atoms with Crippen molar-refractivity contribution in [2.24, 2.45) is 0 Å². The van der Waals surface area contributed by atoms with Gasteiger partial charge in [-0.05, 0) is 0 Å². The van der Waals surface area contributed by atoms with Gasteiger partial charge in [-0.15, -0.1) is 0 Å². The molecule has 0 unspecified atom stereocenters. The summed E-state index contributed by atoms with van der Waals surface area (Å²) >= 11 is 0.288. The molecule has 0 N–H and O–H groups in total. The normalized spacial score (nSPS) is 12.0. The van der Waals surface area contributed by atoms with Crippen LogP contribution in [0.4, 0.5) is 17.1 Å². The van der Waals surface area contributed by atoms with E-state index in [1.165, 1.54) is 57.7 Å². The summed E-state index contributed by atoms with van der Waals surface area (Å²) in [6.45, 7) is 4.61. The minimum absolute atomic E-state index is 0.0844. The van der Waals surface area contributed by atoms with Crippen LogP contribution >= 0.6 is 0 Å². The van der Waals surface area contributed by atoms with E-state index in [0.29, 0.717) is 0 Å². The molecule has 0 aliphatic carbocycles. The van der Waals surface area contributed by atoms with E-state index in [1.807, 2.05) is 0 Å². The van der Waals surface area contributed by atoms with E-state index >= 15 is 0 Å². The van der Waals surface area contributed by atoms with Crippen LogP contribution in [-0.2, 0) is 5.41 Å². The van der Waals surface area contributed by atoms with Crippen LogP contribution in [0.3, 0.4) is 0 Å². The molecular weight excluding hydrogens is 585 g/mol. The van der Waals surface area contributed by atoms with Crippen molar-refractivity contribution >= 4 is 72.4 Å². The van der Waals surface area contributed by atoms with Gasteiger partial charge in [0.1, 0.15) is 0 Å². The van der Waals surface area contributed by atoms with Gasteiger partial charge in [0.15, 0.2) is 0 Å².